The van der Waals surface area contributed by atoms with Crippen LogP contribution >= 0.6 is 0 Å². The van der Waals surface area contributed by atoms with Crippen LogP contribution in [0.3, 0.4) is 0 Å². The van der Waals surface area contributed by atoms with E-state index in [1.165, 1.54) is 6.08 Å². The molecule has 0 aromatic rings. The van der Waals surface area contributed by atoms with E-state index in [-0.39, 0.29) is 6.61 Å². The molecule has 0 bridgehead atoms. The van der Waals surface area contributed by atoms with Crippen molar-refractivity contribution in [3.05, 3.63) is 24.8 Å². The van der Waals surface area contributed by atoms with Crippen molar-refractivity contribution in [3.8, 4) is 0 Å². The van der Waals surface area contributed by atoms with Crippen LogP contribution in [-0.4, -0.2) is 6.61 Å². The van der Waals surface area contributed by atoms with Crippen LogP contribution in [0.2, 0.25) is 0 Å². The summed E-state index contributed by atoms with van der Waals surface area (Å²) in [5, 5.41) is 9.69. The molecule has 0 fully saturated rings. The fourth-order valence-corrected chi connectivity index (χ4v) is 0.0589. The molecule has 0 atom stereocenters. The lowest BCUT2D eigenvalue weighted by molar-refractivity contribution is 0.226. The van der Waals surface area contributed by atoms with Gasteiger partial charge in [0.15, 0.2) is 0 Å². The zero-order valence-electron chi connectivity index (χ0n) is 3.61. The highest BCUT2D eigenvalue weighted by Crippen LogP contribution is 1.84. The Labute approximate surface area is 37.6 Å². The number of hydrogen-bond acceptors (Lipinski definition) is 0. The summed E-state index contributed by atoms with van der Waals surface area (Å²) in [6.45, 7) is 6.46. The van der Waals surface area contributed by atoms with Gasteiger partial charge in [0.1, 0.15) is 6.61 Å². The Balaban J connectivity index is 3.23. The van der Waals surface area contributed by atoms with Crippen LogP contribution in [-0.2, 0) is 5.11 Å². The van der Waals surface area contributed by atoms with Crippen molar-refractivity contribution in [1.29, 1.82) is 0 Å². The molecule has 0 aliphatic heterocycles. The average molecular weight is 83.1 g/mol. The molecule has 0 aromatic heterocycles. The molecule has 0 unspecified atom stereocenters. The number of rotatable bonds is 2. The Bertz CT molecular complexity index is 64.3. The van der Waals surface area contributed by atoms with E-state index in [4.69, 9.17) is 0 Å². The molecule has 0 amide bonds. The maximum absolute atomic E-state index is 9.69. The summed E-state index contributed by atoms with van der Waals surface area (Å²) in [6, 6.07) is 0. The fourth-order valence-electron chi connectivity index (χ4n) is 0.0589. The van der Waals surface area contributed by atoms with Crippen LogP contribution in [0, 0.1) is 0 Å². The predicted molar refractivity (Wildman–Crippen MR) is 24.9 cm³/mol. The lowest BCUT2D eigenvalue weighted by atomic mass is 10.3. The molecule has 0 aliphatic carbocycles. The van der Waals surface area contributed by atoms with Crippen LogP contribution in [0.15, 0.2) is 24.8 Å². The van der Waals surface area contributed by atoms with Gasteiger partial charge in [0.25, 0.3) is 0 Å². The molecule has 0 N–H and O–H groups in total. The van der Waals surface area contributed by atoms with Gasteiger partial charge in [-0.05, 0) is 5.57 Å². The fraction of sp³-hybridized carbons (Fsp3) is 0.200. The minimum atomic E-state index is -0.233. The molecule has 1 radical (unpaired) electrons. The molecule has 0 saturated heterocycles. The average Bonchev–Trinajstić information content (AvgIpc) is 1.65. The summed E-state index contributed by atoms with van der Waals surface area (Å²) in [7, 11) is 0. The molecular formula is C5H7O. The summed E-state index contributed by atoms with van der Waals surface area (Å²) in [5.74, 6) is 0. The van der Waals surface area contributed by atoms with Crippen LogP contribution in [0.5, 0.6) is 0 Å². The van der Waals surface area contributed by atoms with Crippen molar-refractivity contribution in [2.24, 2.45) is 0 Å². The maximum atomic E-state index is 9.69. The number of hydrogen-bond donors (Lipinski definition) is 0. The smallest absolute Gasteiger partial charge is 0.107 e. The molecule has 0 spiro atoms. The minimum Gasteiger partial charge on any atom is -0.232 e. The molecule has 1 heteroatoms. The second-order valence-corrected chi connectivity index (χ2v) is 1.01. The molecule has 0 aliphatic rings. The highest BCUT2D eigenvalue weighted by Gasteiger charge is 1.76. The molecule has 0 aromatic carbocycles. The van der Waals surface area contributed by atoms with Gasteiger partial charge in [-0.2, -0.15) is 0 Å². The molecule has 1 nitrogen and oxygen atoms in total. The third-order valence-electron chi connectivity index (χ3n) is 0.474. The largest absolute Gasteiger partial charge is 0.232 e. The first-order valence-electron chi connectivity index (χ1n) is 1.69. The monoisotopic (exact) mass is 83.0 g/mol. The highest BCUT2D eigenvalue weighted by atomic mass is 16.3. The van der Waals surface area contributed by atoms with Gasteiger partial charge in [0.2, 0.25) is 0 Å². The van der Waals surface area contributed by atoms with Crippen LogP contribution in [0.25, 0.3) is 0 Å². The lowest BCUT2D eigenvalue weighted by Crippen LogP contribution is -1.76. The molecule has 0 saturated carbocycles. The summed E-state index contributed by atoms with van der Waals surface area (Å²) >= 11 is 0. The Morgan fingerprint density at radius 2 is 2.33 bits per heavy atom. The normalized spacial score (nSPS) is 7.50. The van der Waals surface area contributed by atoms with Gasteiger partial charge < -0.3 is 0 Å². The van der Waals surface area contributed by atoms with E-state index >= 15 is 0 Å². The zero-order valence-corrected chi connectivity index (χ0v) is 3.61. The minimum absolute atomic E-state index is 0.233. The van der Waals surface area contributed by atoms with Crippen molar-refractivity contribution in [1.82, 2.24) is 0 Å². The first kappa shape index (κ1) is 5.44. The molecule has 33 valence electrons. The Hall–Kier alpha value is -0.560. The first-order valence-corrected chi connectivity index (χ1v) is 1.69. The summed E-state index contributed by atoms with van der Waals surface area (Å²) < 4.78 is 0. The maximum Gasteiger partial charge on any atom is 0.107 e. The topological polar surface area (TPSA) is 19.9 Å². The quantitative estimate of drug-likeness (QED) is 0.446. The second-order valence-electron chi connectivity index (χ2n) is 1.01. The molecular weight excluding hydrogens is 76.1 g/mol. The van der Waals surface area contributed by atoms with Gasteiger partial charge in [-0.3, -0.25) is 0 Å². The van der Waals surface area contributed by atoms with Crippen molar-refractivity contribution >= 4 is 0 Å². The second kappa shape index (κ2) is 2.67. The Kier molecular flexibility index (Phi) is 2.42. The third-order valence-corrected chi connectivity index (χ3v) is 0.474. The van der Waals surface area contributed by atoms with E-state index in [1.807, 2.05) is 0 Å². The van der Waals surface area contributed by atoms with Gasteiger partial charge in [-0.15, -0.1) is 0 Å². The van der Waals surface area contributed by atoms with E-state index < -0.39 is 0 Å². The van der Waals surface area contributed by atoms with E-state index in [0.717, 1.165) is 0 Å². The third kappa shape index (κ3) is 1.73. The van der Waals surface area contributed by atoms with E-state index in [2.05, 4.69) is 13.2 Å². The lowest BCUT2D eigenvalue weighted by Gasteiger charge is -1.80. The van der Waals surface area contributed by atoms with Gasteiger partial charge in [0.05, 0.1) is 0 Å². The Morgan fingerprint density at radius 3 is 2.33 bits per heavy atom. The molecule has 6 heavy (non-hydrogen) atoms. The van der Waals surface area contributed by atoms with Crippen molar-refractivity contribution < 1.29 is 5.11 Å². The van der Waals surface area contributed by atoms with Crippen LogP contribution in [0.1, 0.15) is 0 Å². The van der Waals surface area contributed by atoms with Crippen molar-refractivity contribution in [3.63, 3.8) is 0 Å². The van der Waals surface area contributed by atoms with Crippen molar-refractivity contribution in [2.75, 3.05) is 6.61 Å². The standard InChI is InChI=1S/C5H7O/c1-3-5(2)4-6/h3H,1-2,4H2. The summed E-state index contributed by atoms with van der Waals surface area (Å²) in [5.41, 5.74) is 0.551. The predicted octanol–water partition coefficient (Wildman–Crippen LogP) is 1.16. The van der Waals surface area contributed by atoms with Gasteiger partial charge in [-0.1, -0.05) is 19.2 Å². The Morgan fingerprint density at radius 1 is 1.83 bits per heavy atom. The molecule has 0 rings (SSSR count). The highest BCUT2D eigenvalue weighted by molar-refractivity contribution is 5.10. The SMILES string of the molecule is C=CC(=C)C[O]. The first-order chi connectivity index (χ1) is 2.81. The summed E-state index contributed by atoms with van der Waals surface area (Å²) in [6.07, 6.45) is 1.47. The van der Waals surface area contributed by atoms with E-state index in [9.17, 15) is 5.11 Å². The van der Waals surface area contributed by atoms with Gasteiger partial charge >= 0.3 is 0 Å². The van der Waals surface area contributed by atoms with Gasteiger partial charge in [-0.25, -0.2) is 5.11 Å². The molecule has 0 heterocycles. The van der Waals surface area contributed by atoms with E-state index in [1.54, 1.807) is 0 Å². The van der Waals surface area contributed by atoms with E-state index in [0.29, 0.717) is 5.57 Å². The van der Waals surface area contributed by atoms with Crippen molar-refractivity contribution in [2.45, 2.75) is 0 Å². The zero-order chi connectivity index (χ0) is 4.99. The van der Waals surface area contributed by atoms with Crippen LogP contribution in [0.4, 0.5) is 0 Å². The van der Waals surface area contributed by atoms with Crippen LogP contribution < -0.4 is 0 Å². The van der Waals surface area contributed by atoms with Gasteiger partial charge in [0, 0.05) is 0 Å². The summed E-state index contributed by atoms with van der Waals surface area (Å²) in [4.78, 5) is 0.